The first-order valence-electron chi connectivity index (χ1n) is 11.2. The third-order valence-corrected chi connectivity index (χ3v) is 12.5. The average Bonchev–Trinajstić information content (AvgIpc) is 2.79. The molecule has 1 heterocycles. The summed E-state index contributed by atoms with van der Waals surface area (Å²) in [5.41, 5.74) is 1.19. The number of ether oxygens (including phenoxy) is 2. The summed E-state index contributed by atoms with van der Waals surface area (Å²) in [6, 6.07) is 10.5. The molecule has 1 aliphatic rings. The predicted molar refractivity (Wildman–Crippen MR) is 130 cm³/mol. The van der Waals surface area contributed by atoms with Crippen molar-refractivity contribution in [2.75, 3.05) is 45.9 Å². The fourth-order valence-electron chi connectivity index (χ4n) is 4.53. The number of hydrogen-bond acceptors (Lipinski definition) is 7. The van der Waals surface area contributed by atoms with Gasteiger partial charge in [-0.2, -0.15) is 0 Å². The van der Waals surface area contributed by atoms with E-state index < -0.39 is 29.6 Å². The van der Waals surface area contributed by atoms with E-state index in [0.29, 0.717) is 31.0 Å². The molecule has 0 amide bonds. The zero-order valence-electron chi connectivity index (χ0n) is 19.8. The summed E-state index contributed by atoms with van der Waals surface area (Å²) in [7, 11) is -2.89. The molecule has 188 valence electrons. The molecule has 0 bridgehead atoms. The lowest BCUT2D eigenvalue weighted by atomic mass is 10.1. The van der Waals surface area contributed by atoms with Gasteiger partial charge in [0.1, 0.15) is 5.82 Å². The largest absolute Gasteiger partial charge is 0.493 e. The Labute approximate surface area is 201 Å². The molecule has 0 spiro atoms. The SMILES string of the molecule is COc1ccc(CCN(C)CCCC2(c3ccc(F)cc3)S(=O)(=O)CCCS2(=O)=O)cc1OC. The molecule has 0 N–H and O–H groups in total. The van der Waals surface area contributed by atoms with Crippen LogP contribution in [0.2, 0.25) is 0 Å². The highest BCUT2D eigenvalue weighted by molar-refractivity contribution is 8.10. The molecule has 0 saturated carbocycles. The van der Waals surface area contributed by atoms with Gasteiger partial charge in [-0.25, -0.2) is 21.2 Å². The van der Waals surface area contributed by atoms with Crippen molar-refractivity contribution in [2.45, 2.75) is 29.8 Å². The van der Waals surface area contributed by atoms with E-state index in [1.807, 2.05) is 30.1 Å². The second kappa shape index (κ2) is 10.6. The molecule has 1 fully saturated rings. The molecule has 1 aliphatic heterocycles. The predicted octanol–water partition coefficient (Wildman–Crippen LogP) is 3.18. The molecule has 7 nitrogen and oxygen atoms in total. The quantitative estimate of drug-likeness (QED) is 0.482. The molecule has 34 heavy (non-hydrogen) atoms. The maximum atomic E-state index is 13.5. The van der Waals surface area contributed by atoms with Crippen LogP contribution in [0.15, 0.2) is 42.5 Å². The van der Waals surface area contributed by atoms with Crippen LogP contribution in [-0.4, -0.2) is 67.6 Å². The third kappa shape index (κ3) is 5.23. The van der Waals surface area contributed by atoms with Crippen LogP contribution in [0.1, 0.15) is 30.4 Å². The molecule has 2 aromatic carbocycles. The van der Waals surface area contributed by atoms with Crippen LogP contribution in [0.3, 0.4) is 0 Å². The van der Waals surface area contributed by atoms with Crippen LogP contribution in [0.25, 0.3) is 0 Å². The summed E-state index contributed by atoms with van der Waals surface area (Å²) >= 11 is 0. The van der Waals surface area contributed by atoms with Crippen molar-refractivity contribution in [1.29, 1.82) is 0 Å². The zero-order valence-corrected chi connectivity index (χ0v) is 21.4. The molecule has 3 rings (SSSR count). The van der Waals surface area contributed by atoms with Gasteiger partial charge < -0.3 is 14.4 Å². The maximum absolute atomic E-state index is 13.5. The molecule has 0 unspecified atom stereocenters. The number of likely N-dealkylation sites (N-methyl/N-ethyl adjacent to an activating group) is 1. The Kier molecular flexibility index (Phi) is 8.26. The highest BCUT2D eigenvalue weighted by atomic mass is 32.3. The Balaban J connectivity index is 1.72. The van der Waals surface area contributed by atoms with Crippen molar-refractivity contribution >= 4 is 19.7 Å². The van der Waals surface area contributed by atoms with Crippen molar-refractivity contribution in [3.63, 3.8) is 0 Å². The standard InChI is InChI=1S/C24H32FNO6S2/c1-26(15-12-19-6-11-22(31-2)23(18-19)32-3)14-4-13-24(20-7-9-21(25)10-8-20)33(27,28)16-5-17-34(24,29)30/h6-11,18H,4-5,12-17H2,1-3H3. The average molecular weight is 514 g/mol. The third-order valence-electron chi connectivity index (χ3n) is 6.39. The minimum atomic E-state index is -3.98. The van der Waals surface area contributed by atoms with Crippen LogP contribution in [0.5, 0.6) is 11.5 Å². The van der Waals surface area contributed by atoms with Crippen LogP contribution in [0, 0.1) is 5.82 Å². The van der Waals surface area contributed by atoms with Crippen LogP contribution in [-0.2, 0) is 30.2 Å². The lowest BCUT2D eigenvalue weighted by Crippen LogP contribution is -2.50. The lowest BCUT2D eigenvalue weighted by molar-refractivity contribution is 0.325. The Morgan fingerprint density at radius 3 is 2.12 bits per heavy atom. The Bertz CT molecular complexity index is 1160. The first-order valence-corrected chi connectivity index (χ1v) is 14.5. The van der Waals surface area contributed by atoms with E-state index in [-0.39, 0.29) is 29.9 Å². The lowest BCUT2D eigenvalue weighted by Gasteiger charge is -2.37. The van der Waals surface area contributed by atoms with Gasteiger partial charge in [-0.05, 0) is 74.7 Å². The van der Waals surface area contributed by atoms with Crippen LogP contribution in [0.4, 0.5) is 4.39 Å². The number of halogens is 1. The highest BCUT2D eigenvalue weighted by Crippen LogP contribution is 2.45. The first-order chi connectivity index (χ1) is 16.1. The monoisotopic (exact) mass is 513 g/mol. The first kappa shape index (κ1) is 26.4. The Morgan fingerprint density at radius 1 is 0.912 bits per heavy atom. The van der Waals surface area contributed by atoms with Gasteiger partial charge in [0.25, 0.3) is 0 Å². The summed E-state index contributed by atoms with van der Waals surface area (Å²) < 4.78 is 74.9. The number of rotatable bonds is 10. The van der Waals surface area contributed by atoms with Crippen molar-refractivity contribution in [2.24, 2.45) is 0 Å². The molecule has 0 atom stereocenters. The normalized spacial score (nSPS) is 18.5. The molecule has 2 aromatic rings. The Morgan fingerprint density at radius 2 is 1.53 bits per heavy atom. The molecule has 1 saturated heterocycles. The van der Waals surface area contributed by atoms with Gasteiger partial charge in [0.15, 0.2) is 35.3 Å². The number of nitrogens with zero attached hydrogens (tertiary/aromatic N) is 1. The number of hydrogen-bond donors (Lipinski definition) is 0. The van der Waals surface area contributed by atoms with Gasteiger partial charge >= 0.3 is 0 Å². The molecule has 0 radical (unpaired) electrons. The summed E-state index contributed by atoms with van der Waals surface area (Å²) in [6.45, 7) is 1.21. The molecule has 0 aromatic heterocycles. The van der Waals surface area contributed by atoms with E-state index in [0.717, 1.165) is 24.1 Å². The van der Waals surface area contributed by atoms with Crippen LogP contribution >= 0.6 is 0 Å². The molecular weight excluding hydrogens is 481 g/mol. The topological polar surface area (TPSA) is 90.0 Å². The second-order valence-corrected chi connectivity index (χ2v) is 13.5. The van der Waals surface area contributed by atoms with E-state index in [9.17, 15) is 21.2 Å². The van der Waals surface area contributed by atoms with E-state index in [2.05, 4.69) is 0 Å². The van der Waals surface area contributed by atoms with Gasteiger partial charge in [0, 0.05) is 6.54 Å². The van der Waals surface area contributed by atoms with E-state index in [4.69, 9.17) is 9.47 Å². The summed E-state index contributed by atoms with van der Waals surface area (Å²) in [4.78, 5) is 2.04. The zero-order chi connectivity index (χ0) is 25.0. The highest BCUT2D eigenvalue weighted by Gasteiger charge is 2.57. The van der Waals surface area contributed by atoms with Gasteiger partial charge in [-0.1, -0.05) is 18.2 Å². The Hall–Kier alpha value is -2.17. The second-order valence-electron chi connectivity index (χ2n) is 8.60. The van der Waals surface area contributed by atoms with E-state index in [1.165, 1.54) is 12.1 Å². The van der Waals surface area contributed by atoms with Gasteiger partial charge in [0.2, 0.25) is 0 Å². The van der Waals surface area contributed by atoms with Crippen LogP contribution < -0.4 is 9.47 Å². The summed E-state index contributed by atoms with van der Waals surface area (Å²) in [6.07, 6.45) is 1.11. The van der Waals surface area contributed by atoms with Crippen molar-refractivity contribution in [3.05, 3.63) is 59.4 Å². The van der Waals surface area contributed by atoms with Gasteiger partial charge in [-0.15, -0.1) is 0 Å². The fourth-order valence-corrected chi connectivity index (χ4v) is 10.4. The minimum absolute atomic E-state index is 0.0655. The fraction of sp³-hybridized carbons (Fsp3) is 0.500. The van der Waals surface area contributed by atoms with Crippen molar-refractivity contribution in [3.8, 4) is 11.5 Å². The van der Waals surface area contributed by atoms with E-state index >= 15 is 0 Å². The number of methoxy groups -OCH3 is 2. The summed E-state index contributed by atoms with van der Waals surface area (Å²) in [5.74, 6) is 0.369. The molecular formula is C24H32FNO6S2. The van der Waals surface area contributed by atoms with Gasteiger partial charge in [-0.3, -0.25) is 0 Å². The summed E-state index contributed by atoms with van der Waals surface area (Å²) in [5, 5.41) is 0. The van der Waals surface area contributed by atoms with E-state index in [1.54, 1.807) is 14.2 Å². The van der Waals surface area contributed by atoms with Crippen molar-refractivity contribution in [1.82, 2.24) is 4.90 Å². The van der Waals surface area contributed by atoms with Gasteiger partial charge in [0.05, 0.1) is 25.7 Å². The minimum Gasteiger partial charge on any atom is -0.493 e. The van der Waals surface area contributed by atoms with Crippen molar-refractivity contribution < 1.29 is 30.7 Å². The number of sulfone groups is 2. The maximum Gasteiger partial charge on any atom is 0.198 e. The number of benzene rings is 2. The molecule has 10 heteroatoms. The molecule has 0 aliphatic carbocycles. The smallest absolute Gasteiger partial charge is 0.198 e.